The number of amides is 3. The van der Waals surface area contributed by atoms with E-state index in [9.17, 15) is 19.2 Å². The average Bonchev–Trinajstić information content (AvgIpc) is 2.82. The van der Waals surface area contributed by atoms with Crippen LogP contribution in [0.15, 0.2) is 66.7 Å². The Balaban J connectivity index is 1.46. The van der Waals surface area contributed by atoms with E-state index in [2.05, 4.69) is 5.32 Å². The highest BCUT2D eigenvalue weighted by Gasteiger charge is 2.33. The number of esters is 1. The Kier molecular flexibility index (Phi) is 5.98. The third-order valence-electron chi connectivity index (χ3n) is 5.52. The molecule has 0 bridgehead atoms. The molecule has 162 valence electrons. The summed E-state index contributed by atoms with van der Waals surface area (Å²) in [6, 6.07) is 19.0. The highest BCUT2D eigenvalue weighted by atomic mass is 16.5. The molecule has 0 spiro atoms. The van der Waals surface area contributed by atoms with Gasteiger partial charge in [-0.25, -0.2) is 4.79 Å². The smallest absolute Gasteiger partial charge is 0.328 e. The molecule has 1 heterocycles. The van der Waals surface area contributed by atoms with Gasteiger partial charge in [0.15, 0.2) is 0 Å². The number of imide groups is 1. The third kappa shape index (κ3) is 4.09. The maximum Gasteiger partial charge on any atom is 0.328 e. The fourth-order valence-electron chi connectivity index (χ4n) is 3.95. The fraction of sp³-hybridized carbons (Fsp3) is 0.200. The van der Waals surface area contributed by atoms with Gasteiger partial charge in [0.2, 0.25) is 5.91 Å². The SMILES string of the molecule is COC(=O)[C@H](Cc1ccccc1)NC(=O)CCN1C(=O)c2cccc3cccc(c23)C1=O. The second-order valence-electron chi connectivity index (χ2n) is 7.55. The Bertz CT molecular complexity index is 1150. The van der Waals surface area contributed by atoms with Gasteiger partial charge in [-0.2, -0.15) is 0 Å². The van der Waals surface area contributed by atoms with Crippen LogP contribution in [0.5, 0.6) is 0 Å². The molecule has 0 saturated carbocycles. The topological polar surface area (TPSA) is 92.8 Å². The lowest BCUT2D eigenvalue weighted by Crippen LogP contribution is -2.46. The van der Waals surface area contributed by atoms with Crippen molar-refractivity contribution in [2.75, 3.05) is 13.7 Å². The van der Waals surface area contributed by atoms with Crippen molar-refractivity contribution in [1.82, 2.24) is 10.2 Å². The molecule has 1 N–H and O–H groups in total. The van der Waals surface area contributed by atoms with Gasteiger partial charge < -0.3 is 10.1 Å². The van der Waals surface area contributed by atoms with Crippen LogP contribution in [0.3, 0.4) is 0 Å². The predicted octanol–water partition coefficient (Wildman–Crippen LogP) is 2.73. The van der Waals surface area contributed by atoms with Crippen molar-refractivity contribution in [3.63, 3.8) is 0 Å². The Labute approximate surface area is 185 Å². The van der Waals surface area contributed by atoms with Crippen molar-refractivity contribution in [2.45, 2.75) is 18.9 Å². The number of carbonyl (C=O) groups excluding carboxylic acids is 4. The third-order valence-corrected chi connectivity index (χ3v) is 5.52. The number of ether oxygens (including phenoxy) is 1. The van der Waals surface area contributed by atoms with Gasteiger partial charge in [-0.15, -0.1) is 0 Å². The largest absolute Gasteiger partial charge is 0.467 e. The number of nitrogens with one attached hydrogen (secondary N) is 1. The number of methoxy groups -OCH3 is 1. The minimum absolute atomic E-state index is 0.0898. The first-order valence-corrected chi connectivity index (χ1v) is 10.3. The molecule has 0 aromatic heterocycles. The van der Waals surface area contributed by atoms with E-state index in [1.807, 2.05) is 42.5 Å². The van der Waals surface area contributed by atoms with Crippen molar-refractivity contribution < 1.29 is 23.9 Å². The highest BCUT2D eigenvalue weighted by Crippen LogP contribution is 2.29. The van der Waals surface area contributed by atoms with Gasteiger partial charge in [0.1, 0.15) is 6.04 Å². The molecular formula is C25H22N2O5. The average molecular weight is 430 g/mol. The maximum absolute atomic E-state index is 12.9. The summed E-state index contributed by atoms with van der Waals surface area (Å²) in [4.78, 5) is 51.7. The molecule has 0 fully saturated rings. The summed E-state index contributed by atoms with van der Waals surface area (Å²) in [6.07, 6.45) is 0.147. The standard InChI is InChI=1S/C25H22N2O5/c1-32-25(31)20(15-16-7-3-2-4-8-16)26-21(28)13-14-27-23(29)18-11-5-9-17-10-6-12-19(22(17)18)24(27)30/h2-12,20H,13-15H2,1H3,(H,26,28)/t20-/m0/s1. The van der Waals surface area contributed by atoms with Crippen LogP contribution in [0.4, 0.5) is 0 Å². The number of rotatable bonds is 7. The van der Waals surface area contributed by atoms with E-state index in [1.54, 1.807) is 24.3 Å². The van der Waals surface area contributed by atoms with Gasteiger partial charge in [0, 0.05) is 35.9 Å². The quantitative estimate of drug-likeness (QED) is 0.460. The van der Waals surface area contributed by atoms with Crippen LogP contribution in [-0.2, 0) is 20.7 Å². The molecule has 4 rings (SSSR count). The Hall–Kier alpha value is -4.00. The molecule has 1 atom stereocenters. The molecule has 3 aromatic carbocycles. The second kappa shape index (κ2) is 9.01. The summed E-state index contributed by atoms with van der Waals surface area (Å²) in [5.41, 5.74) is 1.75. The van der Waals surface area contributed by atoms with Crippen LogP contribution in [-0.4, -0.2) is 48.3 Å². The van der Waals surface area contributed by atoms with Gasteiger partial charge >= 0.3 is 5.97 Å². The van der Waals surface area contributed by atoms with Crippen molar-refractivity contribution >= 4 is 34.5 Å². The van der Waals surface area contributed by atoms with E-state index in [4.69, 9.17) is 4.74 Å². The monoisotopic (exact) mass is 430 g/mol. The van der Waals surface area contributed by atoms with Crippen molar-refractivity contribution in [1.29, 1.82) is 0 Å². The minimum atomic E-state index is -0.864. The molecule has 32 heavy (non-hydrogen) atoms. The van der Waals surface area contributed by atoms with Gasteiger partial charge in [-0.05, 0) is 23.1 Å². The van der Waals surface area contributed by atoms with E-state index in [0.717, 1.165) is 15.8 Å². The van der Waals surface area contributed by atoms with Crippen LogP contribution in [0.2, 0.25) is 0 Å². The van der Waals surface area contributed by atoms with Crippen LogP contribution in [0.25, 0.3) is 10.8 Å². The number of hydrogen-bond acceptors (Lipinski definition) is 5. The number of nitrogens with zero attached hydrogens (tertiary/aromatic N) is 1. The normalized spacial score (nSPS) is 13.7. The molecule has 0 saturated heterocycles. The molecular weight excluding hydrogens is 408 g/mol. The zero-order valence-corrected chi connectivity index (χ0v) is 17.5. The fourth-order valence-corrected chi connectivity index (χ4v) is 3.95. The van der Waals surface area contributed by atoms with E-state index in [0.29, 0.717) is 16.5 Å². The lowest BCUT2D eigenvalue weighted by molar-refractivity contribution is -0.145. The van der Waals surface area contributed by atoms with Crippen LogP contribution in [0, 0.1) is 0 Å². The molecule has 1 aliphatic rings. The summed E-state index contributed by atoms with van der Waals surface area (Å²) >= 11 is 0. The van der Waals surface area contributed by atoms with Crippen molar-refractivity contribution in [2.24, 2.45) is 0 Å². The Morgan fingerprint density at radius 1 is 0.906 bits per heavy atom. The molecule has 3 amide bonds. The first-order chi connectivity index (χ1) is 15.5. The van der Waals surface area contributed by atoms with Gasteiger partial charge in [0.05, 0.1) is 7.11 Å². The van der Waals surface area contributed by atoms with E-state index in [-0.39, 0.29) is 19.4 Å². The van der Waals surface area contributed by atoms with Crippen molar-refractivity contribution in [3.05, 3.63) is 83.4 Å². The highest BCUT2D eigenvalue weighted by molar-refractivity contribution is 6.25. The molecule has 0 unspecified atom stereocenters. The van der Waals surface area contributed by atoms with Crippen LogP contribution >= 0.6 is 0 Å². The Morgan fingerprint density at radius 2 is 1.53 bits per heavy atom. The molecule has 0 aliphatic carbocycles. The van der Waals surface area contributed by atoms with Crippen LogP contribution in [0.1, 0.15) is 32.7 Å². The molecule has 0 radical (unpaired) electrons. The molecule has 7 heteroatoms. The van der Waals surface area contributed by atoms with E-state index < -0.39 is 29.7 Å². The number of hydrogen-bond donors (Lipinski definition) is 1. The lowest BCUT2D eigenvalue weighted by Gasteiger charge is -2.27. The van der Waals surface area contributed by atoms with E-state index in [1.165, 1.54) is 7.11 Å². The molecule has 1 aliphatic heterocycles. The molecule has 3 aromatic rings. The summed E-state index contributed by atoms with van der Waals surface area (Å²) in [5.74, 6) is -1.87. The minimum Gasteiger partial charge on any atom is -0.467 e. The predicted molar refractivity (Wildman–Crippen MR) is 118 cm³/mol. The summed E-state index contributed by atoms with van der Waals surface area (Å²) < 4.78 is 4.81. The number of carbonyl (C=O) groups is 4. The van der Waals surface area contributed by atoms with Gasteiger partial charge in [-0.3, -0.25) is 19.3 Å². The summed E-state index contributed by atoms with van der Waals surface area (Å²) in [6.45, 7) is -0.0898. The summed E-state index contributed by atoms with van der Waals surface area (Å²) in [7, 11) is 1.26. The summed E-state index contributed by atoms with van der Waals surface area (Å²) in [5, 5.41) is 4.12. The maximum atomic E-state index is 12.9. The lowest BCUT2D eigenvalue weighted by atomic mass is 9.94. The number of benzene rings is 3. The Morgan fingerprint density at radius 3 is 2.12 bits per heavy atom. The van der Waals surface area contributed by atoms with Crippen LogP contribution < -0.4 is 5.32 Å². The van der Waals surface area contributed by atoms with E-state index >= 15 is 0 Å². The first kappa shape index (κ1) is 21.2. The molecule has 7 nitrogen and oxygen atoms in total. The first-order valence-electron chi connectivity index (χ1n) is 10.3. The van der Waals surface area contributed by atoms with Gasteiger partial charge in [0.25, 0.3) is 11.8 Å². The van der Waals surface area contributed by atoms with Crippen molar-refractivity contribution in [3.8, 4) is 0 Å². The van der Waals surface area contributed by atoms with Gasteiger partial charge in [-0.1, -0.05) is 54.6 Å². The zero-order valence-electron chi connectivity index (χ0n) is 17.5. The second-order valence-corrected chi connectivity index (χ2v) is 7.55. The zero-order chi connectivity index (χ0) is 22.7.